The van der Waals surface area contributed by atoms with Crippen LogP contribution in [-0.2, 0) is 24.8 Å². The van der Waals surface area contributed by atoms with Gasteiger partial charge in [-0.25, -0.2) is 4.79 Å². The standard InChI is InChI=1S/C19H23ClN4O3/c1-19(2,3)27-18(26)24-9-8-15-14(11-24)16(23(4)22-15)17(25)21-13-7-5-6-12(20)10-13/h5-7,10H,8-9,11H2,1-4H3,(H,21,25). The van der Waals surface area contributed by atoms with Gasteiger partial charge in [0.1, 0.15) is 11.3 Å². The molecule has 2 amide bonds. The molecule has 0 atom stereocenters. The number of carbonyl (C=O) groups excluding carboxylic acids is 2. The van der Waals surface area contributed by atoms with Gasteiger partial charge in [0.05, 0.1) is 12.2 Å². The molecule has 1 aliphatic heterocycles. The maximum atomic E-state index is 12.8. The Balaban J connectivity index is 1.82. The first-order valence-corrected chi connectivity index (χ1v) is 9.11. The first-order chi connectivity index (χ1) is 12.6. The number of carbonyl (C=O) groups is 2. The Labute approximate surface area is 163 Å². The molecule has 1 aromatic carbocycles. The summed E-state index contributed by atoms with van der Waals surface area (Å²) >= 11 is 5.98. The van der Waals surface area contributed by atoms with Crippen LogP contribution in [0.2, 0.25) is 5.02 Å². The maximum Gasteiger partial charge on any atom is 0.410 e. The van der Waals surface area contributed by atoms with Crippen LogP contribution < -0.4 is 5.32 Å². The lowest BCUT2D eigenvalue weighted by Crippen LogP contribution is -2.40. The van der Waals surface area contributed by atoms with Crippen molar-refractivity contribution in [2.24, 2.45) is 7.05 Å². The number of fused-ring (bicyclic) bond motifs is 1. The van der Waals surface area contributed by atoms with Gasteiger partial charge in [0, 0.05) is 36.3 Å². The monoisotopic (exact) mass is 390 g/mol. The fourth-order valence-electron chi connectivity index (χ4n) is 3.02. The molecule has 1 N–H and O–H groups in total. The highest BCUT2D eigenvalue weighted by Crippen LogP contribution is 2.25. The lowest BCUT2D eigenvalue weighted by Gasteiger charge is -2.29. The second-order valence-electron chi connectivity index (χ2n) is 7.51. The summed E-state index contributed by atoms with van der Waals surface area (Å²) in [6.07, 6.45) is 0.186. The van der Waals surface area contributed by atoms with Gasteiger partial charge in [0.2, 0.25) is 0 Å². The average Bonchev–Trinajstić information content (AvgIpc) is 2.88. The third-order valence-corrected chi connectivity index (χ3v) is 4.38. The van der Waals surface area contributed by atoms with Crippen LogP contribution in [0.3, 0.4) is 0 Å². The summed E-state index contributed by atoms with van der Waals surface area (Å²) in [5.41, 5.74) is 2.03. The summed E-state index contributed by atoms with van der Waals surface area (Å²) < 4.78 is 7.01. The van der Waals surface area contributed by atoms with E-state index in [4.69, 9.17) is 16.3 Å². The van der Waals surface area contributed by atoms with Crippen LogP contribution >= 0.6 is 11.6 Å². The molecular formula is C19H23ClN4O3. The van der Waals surface area contributed by atoms with Gasteiger partial charge >= 0.3 is 6.09 Å². The molecule has 0 radical (unpaired) electrons. The van der Waals surface area contributed by atoms with E-state index in [1.54, 1.807) is 40.9 Å². The first-order valence-electron chi connectivity index (χ1n) is 8.73. The van der Waals surface area contributed by atoms with E-state index in [9.17, 15) is 9.59 Å². The van der Waals surface area contributed by atoms with Crippen molar-refractivity contribution in [2.75, 3.05) is 11.9 Å². The molecule has 0 saturated heterocycles. The fraction of sp³-hybridized carbons (Fsp3) is 0.421. The van der Waals surface area contributed by atoms with Crippen LogP contribution in [0.1, 0.15) is 42.5 Å². The minimum atomic E-state index is -0.570. The predicted molar refractivity (Wildman–Crippen MR) is 103 cm³/mol. The summed E-state index contributed by atoms with van der Waals surface area (Å²) in [5, 5.41) is 7.83. The van der Waals surface area contributed by atoms with Crippen LogP contribution in [-0.4, -0.2) is 38.8 Å². The molecule has 1 aromatic heterocycles. The summed E-state index contributed by atoms with van der Waals surface area (Å²) in [7, 11) is 1.73. The Bertz CT molecular complexity index is 886. The molecule has 2 aromatic rings. The van der Waals surface area contributed by atoms with E-state index in [0.717, 1.165) is 11.3 Å². The Morgan fingerprint density at radius 1 is 1.30 bits per heavy atom. The summed E-state index contributed by atoms with van der Waals surface area (Å²) in [6, 6.07) is 6.94. The van der Waals surface area contributed by atoms with E-state index in [-0.39, 0.29) is 12.5 Å². The second kappa shape index (κ2) is 7.23. The fourth-order valence-corrected chi connectivity index (χ4v) is 3.21. The van der Waals surface area contributed by atoms with Crippen LogP contribution in [0.25, 0.3) is 0 Å². The number of nitrogens with one attached hydrogen (secondary N) is 1. The highest BCUT2D eigenvalue weighted by atomic mass is 35.5. The van der Waals surface area contributed by atoms with E-state index in [1.165, 1.54) is 0 Å². The topological polar surface area (TPSA) is 76.5 Å². The molecule has 0 aliphatic carbocycles. The normalized spacial score (nSPS) is 13.9. The molecule has 0 fully saturated rings. The summed E-state index contributed by atoms with van der Waals surface area (Å²) in [6.45, 7) is 6.28. The van der Waals surface area contributed by atoms with Gasteiger partial charge in [0.15, 0.2) is 0 Å². The van der Waals surface area contributed by atoms with E-state index in [2.05, 4.69) is 10.4 Å². The third-order valence-electron chi connectivity index (χ3n) is 4.15. The number of anilines is 1. The maximum absolute atomic E-state index is 12.8. The van der Waals surface area contributed by atoms with Crippen LogP contribution in [0.4, 0.5) is 10.5 Å². The second-order valence-corrected chi connectivity index (χ2v) is 7.95. The number of rotatable bonds is 2. The zero-order chi connectivity index (χ0) is 19.8. The number of aryl methyl sites for hydroxylation is 1. The number of hydrogen-bond donors (Lipinski definition) is 1. The van der Waals surface area contributed by atoms with E-state index >= 15 is 0 Å². The van der Waals surface area contributed by atoms with Gasteiger partial charge in [-0.1, -0.05) is 17.7 Å². The van der Waals surface area contributed by atoms with Crippen LogP contribution in [0, 0.1) is 0 Å². The number of ether oxygens (including phenoxy) is 1. The largest absolute Gasteiger partial charge is 0.444 e. The predicted octanol–water partition coefficient (Wildman–Crippen LogP) is 3.62. The van der Waals surface area contributed by atoms with Gasteiger partial charge in [-0.05, 0) is 39.0 Å². The number of nitrogens with zero attached hydrogens (tertiary/aromatic N) is 3. The first kappa shape index (κ1) is 19.2. The SMILES string of the molecule is Cn1nc2c(c1C(=O)Nc1cccc(Cl)c1)CN(C(=O)OC(C)(C)C)CC2. The Kier molecular flexibility index (Phi) is 5.15. The van der Waals surface area contributed by atoms with Crippen molar-refractivity contribution in [3.63, 3.8) is 0 Å². The minimum absolute atomic E-state index is 0.288. The molecule has 0 unspecified atom stereocenters. The molecule has 7 nitrogen and oxygen atoms in total. The molecule has 0 saturated carbocycles. The summed E-state index contributed by atoms with van der Waals surface area (Å²) in [4.78, 5) is 26.8. The van der Waals surface area contributed by atoms with Crippen molar-refractivity contribution in [1.82, 2.24) is 14.7 Å². The average molecular weight is 391 g/mol. The van der Waals surface area contributed by atoms with Crippen molar-refractivity contribution in [2.45, 2.75) is 39.3 Å². The van der Waals surface area contributed by atoms with Crippen molar-refractivity contribution in [3.05, 3.63) is 46.2 Å². The Hall–Kier alpha value is -2.54. The molecule has 3 rings (SSSR count). The molecule has 1 aliphatic rings. The molecule has 27 heavy (non-hydrogen) atoms. The van der Waals surface area contributed by atoms with E-state index in [0.29, 0.717) is 29.4 Å². The molecule has 8 heteroatoms. The number of hydrogen-bond acceptors (Lipinski definition) is 4. The lowest BCUT2D eigenvalue weighted by molar-refractivity contribution is 0.0222. The third kappa shape index (κ3) is 4.42. The van der Waals surface area contributed by atoms with Gasteiger partial charge in [-0.3, -0.25) is 9.48 Å². The number of halogens is 1. The Morgan fingerprint density at radius 3 is 2.70 bits per heavy atom. The smallest absolute Gasteiger partial charge is 0.410 e. The number of benzene rings is 1. The summed E-state index contributed by atoms with van der Waals surface area (Å²) in [5.74, 6) is -0.292. The highest BCUT2D eigenvalue weighted by Gasteiger charge is 2.31. The highest BCUT2D eigenvalue weighted by molar-refractivity contribution is 6.30. The molecule has 144 valence electrons. The lowest BCUT2D eigenvalue weighted by atomic mass is 10.1. The van der Waals surface area contributed by atoms with E-state index in [1.807, 2.05) is 20.8 Å². The van der Waals surface area contributed by atoms with Crippen molar-refractivity contribution in [1.29, 1.82) is 0 Å². The number of aromatic nitrogens is 2. The van der Waals surface area contributed by atoms with Crippen LogP contribution in [0.15, 0.2) is 24.3 Å². The molecule has 0 spiro atoms. The minimum Gasteiger partial charge on any atom is -0.444 e. The van der Waals surface area contributed by atoms with Crippen molar-refractivity contribution in [3.8, 4) is 0 Å². The van der Waals surface area contributed by atoms with Crippen molar-refractivity contribution < 1.29 is 14.3 Å². The zero-order valence-electron chi connectivity index (χ0n) is 15.9. The number of amides is 2. The zero-order valence-corrected chi connectivity index (χ0v) is 16.6. The quantitative estimate of drug-likeness (QED) is 0.849. The van der Waals surface area contributed by atoms with Gasteiger partial charge in [-0.2, -0.15) is 5.10 Å². The molecule has 2 heterocycles. The van der Waals surface area contributed by atoms with Gasteiger partial charge in [0.25, 0.3) is 5.91 Å². The molecular weight excluding hydrogens is 368 g/mol. The van der Waals surface area contributed by atoms with E-state index < -0.39 is 11.7 Å². The Morgan fingerprint density at radius 2 is 2.04 bits per heavy atom. The molecule has 0 bridgehead atoms. The van der Waals surface area contributed by atoms with Gasteiger partial charge in [-0.15, -0.1) is 0 Å². The van der Waals surface area contributed by atoms with Gasteiger partial charge < -0.3 is 15.0 Å². The van der Waals surface area contributed by atoms with Crippen LogP contribution in [0.5, 0.6) is 0 Å². The van der Waals surface area contributed by atoms with Crippen molar-refractivity contribution >= 4 is 29.3 Å².